The first kappa shape index (κ1) is 18.0. The van der Waals surface area contributed by atoms with Gasteiger partial charge in [0.2, 0.25) is 11.8 Å². The first-order valence-corrected chi connectivity index (χ1v) is 7.71. The lowest BCUT2D eigenvalue weighted by molar-refractivity contribution is -0.156. The minimum absolute atomic E-state index is 0.00250. The van der Waals surface area contributed by atoms with E-state index >= 15 is 0 Å². The number of carbonyl (C=O) groups excluding carboxylic acids is 2. The summed E-state index contributed by atoms with van der Waals surface area (Å²) in [5.74, 6) is 0.292. The van der Waals surface area contributed by atoms with Crippen molar-refractivity contribution in [3.05, 3.63) is 0 Å². The smallest absolute Gasteiger partial charge is 0.246 e. The molecule has 1 heterocycles. The zero-order chi connectivity index (χ0) is 16.4. The molecule has 1 aliphatic heterocycles. The summed E-state index contributed by atoms with van der Waals surface area (Å²) in [4.78, 5) is 27.1. The second-order valence-electron chi connectivity index (χ2n) is 7.50. The minimum Gasteiger partial charge on any atom is -0.383 e. The summed E-state index contributed by atoms with van der Waals surface area (Å²) in [6, 6.07) is -0.990. The lowest BCUT2D eigenvalue weighted by atomic mass is 9.82. The molecule has 21 heavy (non-hydrogen) atoms. The van der Waals surface area contributed by atoms with Crippen LogP contribution in [-0.2, 0) is 14.3 Å². The third-order valence-corrected chi connectivity index (χ3v) is 3.87. The molecule has 1 aliphatic rings. The van der Waals surface area contributed by atoms with Crippen LogP contribution in [0.1, 0.15) is 48.0 Å². The van der Waals surface area contributed by atoms with Crippen molar-refractivity contribution in [3.63, 3.8) is 0 Å². The molecule has 1 saturated heterocycles. The number of ether oxygens (including phenoxy) is 1. The van der Waals surface area contributed by atoms with Crippen molar-refractivity contribution in [3.8, 4) is 0 Å². The zero-order valence-corrected chi connectivity index (χ0v) is 14.4. The third-order valence-electron chi connectivity index (χ3n) is 3.87. The fraction of sp³-hybridized carbons (Fsp3) is 0.875. The summed E-state index contributed by atoms with van der Waals surface area (Å²) in [7, 11) is 1.61. The van der Waals surface area contributed by atoms with Gasteiger partial charge in [0.25, 0.3) is 0 Å². The van der Waals surface area contributed by atoms with E-state index in [0.717, 1.165) is 0 Å². The molecule has 0 radical (unpaired) electrons. The van der Waals surface area contributed by atoms with Crippen LogP contribution in [0.5, 0.6) is 0 Å². The molecule has 5 nitrogen and oxygen atoms in total. The topological polar surface area (TPSA) is 58.6 Å². The Labute approximate surface area is 128 Å². The first-order valence-electron chi connectivity index (χ1n) is 7.71. The van der Waals surface area contributed by atoms with E-state index in [1.165, 1.54) is 0 Å². The third kappa shape index (κ3) is 4.19. The monoisotopic (exact) mass is 298 g/mol. The molecule has 2 amide bonds. The van der Waals surface area contributed by atoms with Gasteiger partial charge in [0.1, 0.15) is 12.1 Å². The van der Waals surface area contributed by atoms with Crippen molar-refractivity contribution in [2.75, 3.05) is 13.7 Å². The average Bonchev–Trinajstić information content (AvgIpc) is 2.31. The van der Waals surface area contributed by atoms with E-state index in [9.17, 15) is 9.59 Å². The summed E-state index contributed by atoms with van der Waals surface area (Å²) < 4.78 is 5.19. The van der Waals surface area contributed by atoms with E-state index in [4.69, 9.17) is 4.74 Å². The highest BCUT2D eigenvalue weighted by Crippen LogP contribution is 2.28. The van der Waals surface area contributed by atoms with Gasteiger partial charge in [-0.2, -0.15) is 0 Å². The highest BCUT2D eigenvalue weighted by Gasteiger charge is 2.46. The SMILES string of the molecule is COCC(C)N1C(=O)C(C(C)(C)C)NC(=O)C1CC(C)C. The van der Waals surface area contributed by atoms with Gasteiger partial charge in [-0.25, -0.2) is 0 Å². The molecule has 0 aliphatic carbocycles. The number of hydrogen-bond donors (Lipinski definition) is 1. The lowest BCUT2D eigenvalue weighted by Gasteiger charge is -2.46. The Morgan fingerprint density at radius 1 is 1.24 bits per heavy atom. The minimum atomic E-state index is -0.479. The highest BCUT2D eigenvalue weighted by atomic mass is 16.5. The maximum Gasteiger partial charge on any atom is 0.246 e. The van der Waals surface area contributed by atoms with Crippen LogP contribution in [0.2, 0.25) is 0 Å². The average molecular weight is 298 g/mol. The van der Waals surface area contributed by atoms with Crippen LogP contribution in [0, 0.1) is 11.3 Å². The predicted octanol–water partition coefficient (Wildman–Crippen LogP) is 1.81. The van der Waals surface area contributed by atoms with E-state index in [1.54, 1.807) is 12.0 Å². The molecular weight excluding hydrogens is 268 g/mol. The Hall–Kier alpha value is -1.10. The van der Waals surface area contributed by atoms with Gasteiger partial charge in [-0.15, -0.1) is 0 Å². The van der Waals surface area contributed by atoms with Gasteiger partial charge in [-0.1, -0.05) is 34.6 Å². The Kier molecular flexibility index (Phi) is 5.79. The van der Waals surface area contributed by atoms with Crippen molar-refractivity contribution < 1.29 is 14.3 Å². The van der Waals surface area contributed by atoms with E-state index in [2.05, 4.69) is 19.2 Å². The molecule has 0 spiro atoms. The number of nitrogens with one attached hydrogen (secondary N) is 1. The zero-order valence-electron chi connectivity index (χ0n) is 14.4. The summed E-state index contributed by atoms with van der Waals surface area (Å²) >= 11 is 0. The van der Waals surface area contributed by atoms with Crippen LogP contribution in [-0.4, -0.2) is 48.6 Å². The Morgan fingerprint density at radius 2 is 1.81 bits per heavy atom. The van der Waals surface area contributed by atoms with Crippen molar-refractivity contribution in [1.82, 2.24) is 10.2 Å². The van der Waals surface area contributed by atoms with Gasteiger partial charge in [0.15, 0.2) is 0 Å². The number of hydrogen-bond acceptors (Lipinski definition) is 3. The number of amides is 2. The highest BCUT2D eigenvalue weighted by molar-refractivity contribution is 5.97. The summed E-state index contributed by atoms with van der Waals surface area (Å²) in [6.07, 6.45) is 0.669. The summed E-state index contributed by atoms with van der Waals surface area (Å²) in [5, 5.41) is 2.92. The Balaban J connectivity index is 3.10. The number of rotatable bonds is 5. The molecule has 1 rings (SSSR count). The van der Waals surface area contributed by atoms with Crippen molar-refractivity contribution >= 4 is 11.8 Å². The number of piperazine rings is 1. The van der Waals surface area contributed by atoms with Crippen LogP contribution in [0.15, 0.2) is 0 Å². The van der Waals surface area contributed by atoms with E-state index in [0.29, 0.717) is 18.9 Å². The lowest BCUT2D eigenvalue weighted by Crippen LogP contribution is -2.68. The number of nitrogens with zero attached hydrogens (tertiary/aromatic N) is 1. The fourth-order valence-corrected chi connectivity index (χ4v) is 2.83. The molecule has 3 atom stereocenters. The standard InChI is InChI=1S/C16H30N2O3/c1-10(2)8-12-14(19)17-13(16(4,5)6)15(20)18(12)11(3)9-21-7/h10-13H,8-9H2,1-7H3,(H,17,19). The van der Waals surface area contributed by atoms with Gasteiger partial charge in [0, 0.05) is 7.11 Å². The molecule has 1 N–H and O–H groups in total. The van der Waals surface area contributed by atoms with E-state index in [-0.39, 0.29) is 23.3 Å². The Morgan fingerprint density at radius 3 is 2.24 bits per heavy atom. The van der Waals surface area contributed by atoms with Gasteiger partial charge >= 0.3 is 0 Å². The quantitative estimate of drug-likeness (QED) is 0.842. The van der Waals surface area contributed by atoms with E-state index < -0.39 is 12.1 Å². The van der Waals surface area contributed by atoms with Crippen LogP contribution in [0.4, 0.5) is 0 Å². The molecular formula is C16H30N2O3. The summed E-state index contributed by atoms with van der Waals surface area (Å²) in [6.45, 7) is 12.4. The number of methoxy groups -OCH3 is 1. The first-order chi connectivity index (χ1) is 9.59. The second-order valence-corrected chi connectivity index (χ2v) is 7.50. The van der Waals surface area contributed by atoms with Crippen LogP contribution in [0.25, 0.3) is 0 Å². The van der Waals surface area contributed by atoms with Crippen LogP contribution >= 0.6 is 0 Å². The maximum absolute atomic E-state index is 12.9. The Bertz CT molecular complexity index is 387. The molecule has 5 heteroatoms. The normalized spacial score (nSPS) is 25.2. The van der Waals surface area contributed by atoms with Gasteiger partial charge in [0.05, 0.1) is 12.6 Å². The molecule has 0 bridgehead atoms. The molecule has 0 saturated carbocycles. The van der Waals surface area contributed by atoms with Gasteiger partial charge in [-0.05, 0) is 24.7 Å². The fourth-order valence-electron chi connectivity index (χ4n) is 2.83. The summed E-state index contributed by atoms with van der Waals surface area (Å²) in [5.41, 5.74) is -0.305. The molecule has 1 fully saturated rings. The molecule has 0 aromatic rings. The van der Waals surface area contributed by atoms with Crippen LogP contribution < -0.4 is 5.32 Å². The molecule has 0 aromatic carbocycles. The molecule has 0 aromatic heterocycles. The van der Waals surface area contributed by atoms with Crippen LogP contribution in [0.3, 0.4) is 0 Å². The maximum atomic E-state index is 12.9. The largest absolute Gasteiger partial charge is 0.383 e. The van der Waals surface area contributed by atoms with Crippen molar-refractivity contribution in [1.29, 1.82) is 0 Å². The molecule has 122 valence electrons. The predicted molar refractivity (Wildman–Crippen MR) is 82.8 cm³/mol. The molecule has 3 unspecified atom stereocenters. The van der Waals surface area contributed by atoms with Crippen molar-refractivity contribution in [2.45, 2.75) is 66.1 Å². The van der Waals surface area contributed by atoms with Gasteiger partial charge in [-0.3, -0.25) is 9.59 Å². The number of carbonyl (C=O) groups is 2. The second kappa shape index (κ2) is 6.77. The van der Waals surface area contributed by atoms with Crippen molar-refractivity contribution in [2.24, 2.45) is 11.3 Å². The van der Waals surface area contributed by atoms with E-state index in [1.807, 2.05) is 27.7 Å². The van der Waals surface area contributed by atoms with Gasteiger partial charge < -0.3 is 15.0 Å².